The number of nitrogens with zero attached hydrogens (tertiary/aromatic N) is 4. The highest BCUT2D eigenvalue weighted by molar-refractivity contribution is 6.04. The molecule has 0 unspecified atom stereocenters. The van der Waals surface area contributed by atoms with Crippen molar-refractivity contribution in [1.82, 2.24) is 19.3 Å². The van der Waals surface area contributed by atoms with E-state index in [1.807, 2.05) is 31.2 Å². The van der Waals surface area contributed by atoms with Gasteiger partial charge >= 0.3 is 5.97 Å². The van der Waals surface area contributed by atoms with Gasteiger partial charge in [0.2, 0.25) is 0 Å². The Morgan fingerprint density at radius 1 is 0.806 bits per heavy atom. The number of hydrogen-bond donors (Lipinski definition) is 1. The van der Waals surface area contributed by atoms with Gasteiger partial charge in [-0.25, -0.2) is 4.79 Å². The monoisotopic (exact) mass is 488 g/mol. The number of rotatable bonds is 7. The van der Waals surface area contributed by atoms with Crippen molar-refractivity contribution in [3.63, 3.8) is 0 Å². The van der Waals surface area contributed by atoms with Crippen molar-refractivity contribution >= 4 is 16.7 Å². The lowest BCUT2D eigenvalue weighted by Crippen LogP contribution is -2.49. The molecule has 0 atom stereocenters. The Bertz CT molecular complexity index is 1290. The van der Waals surface area contributed by atoms with Gasteiger partial charge in [0.05, 0.1) is 11.3 Å². The van der Waals surface area contributed by atoms with Gasteiger partial charge in [-0.2, -0.15) is 0 Å². The van der Waals surface area contributed by atoms with E-state index in [1.165, 1.54) is 32.4 Å². The van der Waals surface area contributed by atoms with Gasteiger partial charge < -0.3 is 10.0 Å². The molecule has 0 spiro atoms. The van der Waals surface area contributed by atoms with E-state index in [1.54, 1.807) is 28.8 Å². The van der Waals surface area contributed by atoms with Crippen LogP contribution in [0.2, 0.25) is 0 Å². The molecule has 5 rings (SSSR count). The second-order valence-electron chi connectivity index (χ2n) is 10.2. The van der Waals surface area contributed by atoms with Crippen LogP contribution in [0.25, 0.3) is 16.5 Å². The fourth-order valence-electron chi connectivity index (χ4n) is 5.68. The number of piperazine rings is 1. The van der Waals surface area contributed by atoms with Crippen LogP contribution in [0, 0.1) is 6.92 Å². The van der Waals surface area contributed by atoms with E-state index in [0.29, 0.717) is 28.7 Å². The van der Waals surface area contributed by atoms with E-state index in [0.717, 1.165) is 44.8 Å². The van der Waals surface area contributed by atoms with E-state index < -0.39 is 5.97 Å². The van der Waals surface area contributed by atoms with Crippen LogP contribution >= 0.6 is 0 Å². The molecule has 2 aromatic carbocycles. The molecule has 2 aliphatic heterocycles. The number of aromatic nitrogens is 1. The fourth-order valence-corrected chi connectivity index (χ4v) is 5.68. The highest BCUT2D eigenvalue weighted by Crippen LogP contribution is 2.25. The van der Waals surface area contributed by atoms with Gasteiger partial charge in [0, 0.05) is 62.3 Å². The predicted octanol–water partition coefficient (Wildman–Crippen LogP) is 3.60. The number of carboxylic acids is 1. The predicted molar refractivity (Wildman–Crippen MR) is 143 cm³/mol. The molecule has 0 amide bonds. The topological polar surface area (TPSA) is 69.0 Å². The summed E-state index contributed by atoms with van der Waals surface area (Å²) in [7, 11) is 0. The normalized spacial score (nSPS) is 18.0. The first-order valence-corrected chi connectivity index (χ1v) is 13.2. The van der Waals surface area contributed by atoms with E-state index in [4.69, 9.17) is 0 Å². The minimum atomic E-state index is -0.997. The number of carbonyl (C=O) groups is 1. The summed E-state index contributed by atoms with van der Waals surface area (Å²) in [5, 5.41) is 11.2. The second kappa shape index (κ2) is 10.9. The minimum absolute atomic E-state index is 0.170. The third-order valence-corrected chi connectivity index (χ3v) is 7.68. The number of carboxylic acid groups (broad SMARTS) is 1. The molecule has 3 heterocycles. The zero-order valence-electron chi connectivity index (χ0n) is 21.2. The van der Waals surface area contributed by atoms with Crippen LogP contribution in [-0.2, 0) is 6.54 Å². The zero-order chi connectivity index (χ0) is 25.1. The van der Waals surface area contributed by atoms with Crippen molar-refractivity contribution in [2.45, 2.75) is 32.7 Å². The van der Waals surface area contributed by atoms with E-state index in [-0.39, 0.29) is 11.1 Å². The summed E-state index contributed by atoms with van der Waals surface area (Å²) >= 11 is 0. The summed E-state index contributed by atoms with van der Waals surface area (Å²) in [6.07, 6.45) is 3.98. The number of fused-ring (bicyclic) bond motifs is 1. The van der Waals surface area contributed by atoms with Gasteiger partial charge in [0.15, 0.2) is 0 Å². The van der Waals surface area contributed by atoms with Gasteiger partial charge in [0.1, 0.15) is 0 Å². The molecular weight excluding hydrogens is 452 g/mol. The molecule has 190 valence electrons. The van der Waals surface area contributed by atoms with Gasteiger partial charge in [-0.05, 0) is 56.6 Å². The molecule has 36 heavy (non-hydrogen) atoms. The molecule has 0 aliphatic carbocycles. The maximum atomic E-state index is 13.7. The first kappa shape index (κ1) is 24.7. The molecule has 0 bridgehead atoms. The molecule has 1 N–H and O–H groups in total. The third kappa shape index (κ3) is 5.24. The summed E-state index contributed by atoms with van der Waals surface area (Å²) in [6, 6.07) is 14.8. The Labute approximate surface area is 212 Å². The smallest absolute Gasteiger partial charge is 0.338 e. The Balaban J connectivity index is 1.42. The average molecular weight is 489 g/mol. The maximum Gasteiger partial charge on any atom is 0.338 e. The molecule has 7 heteroatoms. The van der Waals surface area contributed by atoms with Crippen molar-refractivity contribution in [3.8, 4) is 5.69 Å². The Morgan fingerprint density at radius 2 is 1.44 bits per heavy atom. The molecular formula is C29H36N4O3. The van der Waals surface area contributed by atoms with Crippen LogP contribution in [0.4, 0.5) is 0 Å². The standard InChI is InChI=1S/C29H36N4O3/c1-22-8-7-9-23(20-22)33-26(27(29(35)36)24-10-3-4-11-25(24)28(33)34)21-32-18-16-31(17-19-32)15-14-30-12-5-2-6-13-30/h3-4,7-11,20H,2,5-6,12-19,21H2,1H3,(H,35,36). The molecule has 7 nitrogen and oxygen atoms in total. The number of pyridine rings is 1. The third-order valence-electron chi connectivity index (χ3n) is 7.68. The summed E-state index contributed by atoms with van der Waals surface area (Å²) in [6.45, 7) is 10.7. The van der Waals surface area contributed by atoms with Gasteiger partial charge in [-0.1, -0.05) is 36.8 Å². The average Bonchev–Trinajstić information content (AvgIpc) is 2.89. The number of likely N-dealkylation sites (tertiary alicyclic amines) is 1. The Hall–Kier alpha value is -3.00. The van der Waals surface area contributed by atoms with Crippen molar-refractivity contribution in [3.05, 3.63) is 75.7 Å². The SMILES string of the molecule is Cc1cccc(-n2c(CN3CCN(CCN4CCCCC4)CC3)c(C(=O)O)c3ccccc3c2=O)c1. The van der Waals surface area contributed by atoms with Crippen LogP contribution in [0.1, 0.15) is 40.9 Å². The molecule has 1 aromatic heterocycles. The number of hydrogen-bond acceptors (Lipinski definition) is 5. The molecule has 2 aliphatic rings. The highest BCUT2D eigenvalue weighted by Gasteiger charge is 2.26. The van der Waals surface area contributed by atoms with Crippen molar-refractivity contribution < 1.29 is 9.90 Å². The molecule has 0 radical (unpaired) electrons. The van der Waals surface area contributed by atoms with E-state index in [2.05, 4.69) is 14.7 Å². The number of piperidine rings is 1. The van der Waals surface area contributed by atoms with E-state index in [9.17, 15) is 14.7 Å². The quantitative estimate of drug-likeness (QED) is 0.548. The Morgan fingerprint density at radius 3 is 2.11 bits per heavy atom. The lowest BCUT2D eigenvalue weighted by Gasteiger charge is -2.37. The summed E-state index contributed by atoms with van der Waals surface area (Å²) in [4.78, 5) is 33.7. The van der Waals surface area contributed by atoms with Gasteiger partial charge in [-0.3, -0.25) is 19.2 Å². The van der Waals surface area contributed by atoms with Crippen LogP contribution in [0.3, 0.4) is 0 Å². The minimum Gasteiger partial charge on any atom is -0.478 e. The molecule has 3 aromatic rings. The number of aryl methyl sites for hydroxylation is 1. The van der Waals surface area contributed by atoms with Gasteiger partial charge in [-0.15, -0.1) is 0 Å². The second-order valence-corrected chi connectivity index (χ2v) is 10.2. The first-order valence-electron chi connectivity index (χ1n) is 13.2. The summed E-state index contributed by atoms with van der Waals surface area (Å²) < 4.78 is 1.63. The highest BCUT2D eigenvalue weighted by atomic mass is 16.4. The lowest BCUT2D eigenvalue weighted by atomic mass is 10.0. The fraction of sp³-hybridized carbons (Fsp3) is 0.448. The molecule has 2 fully saturated rings. The first-order chi connectivity index (χ1) is 17.5. The van der Waals surface area contributed by atoms with Crippen LogP contribution < -0.4 is 5.56 Å². The van der Waals surface area contributed by atoms with Crippen molar-refractivity contribution in [2.75, 3.05) is 52.4 Å². The summed E-state index contributed by atoms with van der Waals surface area (Å²) in [5.41, 5.74) is 2.34. The molecule has 0 saturated carbocycles. The van der Waals surface area contributed by atoms with Crippen molar-refractivity contribution in [2.24, 2.45) is 0 Å². The van der Waals surface area contributed by atoms with Gasteiger partial charge in [0.25, 0.3) is 5.56 Å². The van der Waals surface area contributed by atoms with Crippen LogP contribution in [0.5, 0.6) is 0 Å². The Kier molecular flexibility index (Phi) is 7.51. The maximum absolute atomic E-state index is 13.7. The van der Waals surface area contributed by atoms with E-state index >= 15 is 0 Å². The zero-order valence-corrected chi connectivity index (χ0v) is 21.2. The number of aromatic carboxylic acids is 1. The number of benzene rings is 2. The van der Waals surface area contributed by atoms with Crippen molar-refractivity contribution in [1.29, 1.82) is 0 Å². The van der Waals surface area contributed by atoms with Crippen LogP contribution in [-0.4, -0.2) is 82.7 Å². The largest absolute Gasteiger partial charge is 0.478 e. The lowest BCUT2D eigenvalue weighted by molar-refractivity contribution is 0.0693. The summed E-state index contributed by atoms with van der Waals surface area (Å²) in [5.74, 6) is -0.997. The van der Waals surface area contributed by atoms with Crippen LogP contribution in [0.15, 0.2) is 53.3 Å². The molecule has 2 saturated heterocycles.